The van der Waals surface area contributed by atoms with Gasteiger partial charge in [0.05, 0.1) is 0 Å². The van der Waals surface area contributed by atoms with Crippen LogP contribution >= 0.6 is 0 Å². The molecule has 0 bridgehead atoms. The van der Waals surface area contributed by atoms with E-state index in [-0.39, 0.29) is 0 Å². The van der Waals surface area contributed by atoms with Gasteiger partial charge in [-0.25, -0.2) is 0 Å². The smallest absolute Gasteiger partial charge is 0.272 e. The molecule has 0 aromatic carbocycles. The summed E-state index contributed by atoms with van der Waals surface area (Å²) in [6.45, 7) is 3.90. The van der Waals surface area contributed by atoms with Gasteiger partial charge in [-0.1, -0.05) is 38.5 Å². The molecule has 2 nitrogen and oxygen atoms in total. The summed E-state index contributed by atoms with van der Waals surface area (Å²) in [4.78, 5) is 0. The van der Waals surface area contributed by atoms with Crippen LogP contribution in [0.15, 0.2) is 12.5 Å². The predicted molar refractivity (Wildman–Crippen MR) is 72.0 cm³/mol. The van der Waals surface area contributed by atoms with E-state index in [2.05, 4.69) is 6.58 Å². The third-order valence-corrected chi connectivity index (χ3v) is 5.09. The summed E-state index contributed by atoms with van der Waals surface area (Å²) >= 11 is 0. The minimum absolute atomic E-state index is 0.306. The molecule has 1 saturated heterocycles. The highest BCUT2D eigenvalue weighted by atomic mass is 16.7. The Morgan fingerprint density at radius 3 is 1.44 bits per heavy atom. The summed E-state index contributed by atoms with van der Waals surface area (Å²) < 4.78 is 11.9. The standard InChI is InChI=1S/C16H26O2/c1-12-17-15(13-8-4-2-5-9-13)16(18-12)14-10-6-3-7-11-14/h13-16H,1-11H2/t15-,16-/m1/s1. The zero-order chi connectivity index (χ0) is 12.4. The van der Waals surface area contributed by atoms with Crippen LogP contribution in [0.25, 0.3) is 0 Å². The summed E-state index contributed by atoms with van der Waals surface area (Å²) in [5.74, 6) is 2.01. The van der Waals surface area contributed by atoms with Crippen molar-refractivity contribution in [3.63, 3.8) is 0 Å². The monoisotopic (exact) mass is 250 g/mol. The lowest BCUT2D eigenvalue weighted by Crippen LogP contribution is -2.38. The molecule has 3 fully saturated rings. The molecule has 0 aromatic heterocycles. The minimum Gasteiger partial charge on any atom is -0.458 e. The molecule has 0 radical (unpaired) electrons. The molecule has 0 spiro atoms. The second-order valence-electron chi connectivity index (χ2n) is 6.33. The molecule has 1 aliphatic heterocycles. The lowest BCUT2D eigenvalue weighted by Gasteiger charge is -2.33. The Bertz CT molecular complexity index is 259. The number of hydrogen-bond donors (Lipinski definition) is 0. The van der Waals surface area contributed by atoms with Gasteiger partial charge < -0.3 is 9.47 Å². The van der Waals surface area contributed by atoms with Crippen molar-refractivity contribution < 1.29 is 9.47 Å². The van der Waals surface area contributed by atoms with Crippen LogP contribution in [0.1, 0.15) is 64.2 Å². The van der Waals surface area contributed by atoms with Crippen molar-refractivity contribution in [1.29, 1.82) is 0 Å². The molecule has 2 aliphatic carbocycles. The molecule has 3 rings (SSSR count). The maximum atomic E-state index is 5.95. The molecule has 1 heterocycles. The van der Waals surface area contributed by atoms with Gasteiger partial charge in [-0.2, -0.15) is 0 Å². The van der Waals surface area contributed by atoms with Gasteiger partial charge in [0.25, 0.3) is 5.95 Å². The van der Waals surface area contributed by atoms with Gasteiger partial charge in [0.1, 0.15) is 12.2 Å². The zero-order valence-corrected chi connectivity index (χ0v) is 11.4. The van der Waals surface area contributed by atoms with Crippen LogP contribution in [0, 0.1) is 11.8 Å². The molecule has 0 amide bonds. The Labute approximate surface area is 111 Å². The Hall–Kier alpha value is -0.660. The van der Waals surface area contributed by atoms with E-state index in [1.54, 1.807) is 0 Å². The van der Waals surface area contributed by atoms with Crippen LogP contribution in [0.3, 0.4) is 0 Å². The lowest BCUT2D eigenvalue weighted by molar-refractivity contribution is 0.0324. The second-order valence-corrected chi connectivity index (χ2v) is 6.33. The maximum absolute atomic E-state index is 5.95. The van der Waals surface area contributed by atoms with Gasteiger partial charge in [-0.15, -0.1) is 0 Å². The fourth-order valence-electron chi connectivity index (χ4n) is 4.12. The molecule has 2 saturated carbocycles. The van der Waals surface area contributed by atoms with E-state index >= 15 is 0 Å². The number of rotatable bonds is 2. The highest BCUT2D eigenvalue weighted by Crippen LogP contribution is 2.41. The normalized spacial score (nSPS) is 35.2. The summed E-state index contributed by atoms with van der Waals surface area (Å²) in [7, 11) is 0. The van der Waals surface area contributed by atoms with Crippen molar-refractivity contribution in [2.45, 2.75) is 76.4 Å². The average molecular weight is 250 g/mol. The second kappa shape index (κ2) is 5.54. The van der Waals surface area contributed by atoms with E-state index in [9.17, 15) is 0 Å². The van der Waals surface area contributed by atoms with E-state index < -0.39 is 0 Å². The van der Waals surface area contributed by atoms with Crippen LogP contribution < -0.4 is 0 Å². The van der Waals surface area contributed by atoms with Crippen LogP contribution in [-0.4, -0.2) is 12.2 Å². The molecule has 18 heavy (non-hydrogen) atoms. The first kappa shape index (κ1) is 12.4. The Kier molecular flexibility index (Phi) is 3.81. The molecule has 0 unspecified atom stereocenters. The summed E-state index contributed by atoms with van der Waals surface area (Å²) in [5, 5.41) is 0. The number of ether oxygens (including phenoxy) is 2. The molecule has 0 N–H and O–H groups in total. The minimum atomic E-state index is 0.306. The van der Waals surface area contributed by atoms with Crippen molar-refractivity contribution in [2.75, 3.05) is 0 Å². The van der Waals surface area contributed by atoms with Crippen LogP contribution in [-0.2, 0) is 9.47 Å². The molecular formula is C16H26O2. The molecule has 2 atom stereocenters. The van der Waals surface area contributed by atoms with Crippen molar-refractivity contribution in [1.82, 2.24) is 0 Å². The fourth-order valence-corrected chi connectivity index (χ4v) is 4.12. The van der Waals surface area contributed by atoms with Gasteiger partial charge >= 0.3 is 0 Å². The Morgan fingerprint density at radius 1 is 0.667 bits per heavy atom. The molecule has 0 aromatic rings. The first-order valence-corrected chi connectivity index (χ1v) is 7.87. The van der Waals surface area contributed by atoms with E-state index in [1.807, 2.05) is 0 Å². The third kappa shape index (κ3) is 2.53. The van der Waals surface area contributed by atoms with Crippen molar-refractivity contribution in [3.05, 3.63) is 12.5 Å². The summed E-state index contributed by atoms with van der Waals surface area (Å²) in [5.41, 5.74) is 0. The highest BCUT2D eigenvalue weighted by molar-refractivity contribution is 4.95. The van der Waals surface area contributed by atoms with Crippen molar-refractivity contribution >= 4 is 0 Å². The fraction of sp³-hybridized carbons (Fsp3) is 0.875. The largest absolute Gasteiger partial charge is 0.458 e. The topological polar surface area (TPSA) is 18.5 Å². The Morgan fingerprint density at radius 2 is 1.06 bits per heavy atom. The zero-order valence-electron chi connectivity index (χ0n) is 11.4. The SMILES string of the molecule is C=C1O[C@H](C2CCCCC2)[C@@H](C2CCCCC2)O1. The first-order valence-electron chi connectivity index (χ1n) is 7.87. The van der Waals surface area contributed by atoms with E-state index in [4.69, 9.17) is 9.47 Å². The van der Waals surface area contributed by atoms with Gasteiger partial charge in [0.2, 0.25) is 0 Å². The third-order valence-electron chi connectivity index (χ3n) is 5.09. The van der Waals surface area contributed by atoms with E-state index in [0.29, 0.717) is 30.0 Å². The van der Waals surface area contributed by atoms with Crippen LogP contribution in [0.2, 0.25) is 0 Å². The van der Waals surface area contributed by atoms with Crippen LogP contribution in [0.4, 0.5) is 0 Å². The first-order chi connectivity index (χ1) is 8.84. The highest BCUT2D eigenvalue weighted by Gasteiger charge is 2.43. The lowest BCUT2D eigenvalue weighted by atomic mass is 9.77. The molecular weight excluding hydrogens is 224 g/mol. The van der Waals surface area contributed by atoms with Gasteiger partial charge in [-0.3, -0.25) is 0 Å². The molecule has 3 aliphatic rings. The maximum Gasteiger partial charge on any atom is 0.272 e. The molecule has 2 heteroatoms. The van der Waals surface area contributed by atoms with Gasteiger partial charge in [0, 0.05) is 0 Å². The van der Waals surface area contributed by atoms with Crippen LogP contribution in [0.5, 0.6) is 0 Å². The predicted octanol–water partition coefficient (Wildman–Crippen LogP) is 4.40. The van der Waals surface area contributed by atoms with E-state index in [0.717, 1.165) is 0 Å². The van der Waals surface area contributed by atoms with Gasteiger partial charge in [-0.05, 0) is 44.1 Å². The van der Waals surface area contributed by atoms with Gasteiger partial charge in [0.15, 0.2) is 0 Å². The average Bonchev–Trinajstić information content (AvgIpc) is 2.83. The van der Waals surface area contributed by atoms with E-state index in [1.165, 1.54) is 64.2 Å². The van der Waals surface area contributed by atoms with Crippen molar-refractivity contribution in [2.24, 2.45) is 11.8 Å². The van der Waals surface area contributed by atoms with Crippen molar-refractivity contribution in [3.8, 4) is 0 Å². The summed E-state index contributed by atoms with van der Waals surface area (Å²) in [6.07, 6.45) is 14.2. The quantitative estimate of drug-likeness (QED) is 0.723. The summed E-state index contributed by atoms with van der Waals surface area (Å²) in [6, 6.07) is 0. The Balaban J connectivity index is 1.67. The number of hydrogen-bond acceptors (Lipinski definition) is 2. The molecule has 102 valence electrons.